The van der Waals surface area contributed by atoms with Crippen molar-refractivity contribution in [3.8, 4) is 5.75 Å². The molecule has 2 atom stereocenters. The van der Waals surface area contributed by atoms with Crippen LogP contribution in [0.1, 0.15) is 58.3 Å². The predicted molar refractivity (Wildman–Crippen MR) is 123 cm³/mol. The molecule has 2 amide bonds. The van der Waals surface area contributed by atoms with E-state index in [1.54, 1.807) is 44.7 Å². The molecule has 0 aromatic heterocycles. The zero-order valence-electron chi connectivity index (χ0n) is 20.1. The van der Waals surface area contributed by atoms with E-state index in [9.17, 15) is 19.5 Å². The molecule has 1 aliphatic rings. The van der Waals surface area contributed by atoms with Crippen LogP contribution in [0.2, 0.25) is 0 Å². The molecule has 2 rings (SSSR count). The molecule has 0 aliphatic carbocycles. The molecular formula is C24H37N3O5. The molecule has 1 aromatic rings. The molecule has 0 spiro atoms. The van der Waals surface area contributed by atoms with Crippen molar-refractivity contribution in [2.75, 3.05) is 32.8 Å². The molecule has 8 heteroatoms. The van der Waals surface area contributed by atoms with Gasteiger partial charge in [-0.1, -0.05) is 0 Å². The van der Waals surface area contributed by atoms with Gasteiger partial charge in [-0.25, -0.2) is 4.79 Å². The Morgan fingerprint density at radius 2 is 1.62 bits per heavy atom. The Bertz CT molecular complexity index is 795. The summed E-state index contributed by atoms with van der Waals surface area (Å²) in [5, 5.41) is 9.56. The number of nitrogens with zero attached hydrogens (tertiary/aromatic N) is 3. The van der Waals surface area contributed by atoms with Crippen LogP contribution in [-0.2, 0) is 4.79 Å². The van der Waals surface area contributed by atoms with Gasteiger partial charge in [-0.3, -0.25) is 19.4 Å². The number of rotatable bonds is 8. The van der Waals surface area contributed by atoms with E-state index in [0.29, 0.717) is 31.3 Å². The van der Waals surface area contributed by atoms with Crippen LogP contribution in [0, 0.1) is 0 Å². The Balaban J connectivity index is 1.80. The summed E-state index contributed by atoms with van der Waals surface area (Å²) in [5.74, 6) is 0.631. The first-order chi connectivity index (χ1) is 14.9. The summed E-state index contributed by atoms with van der Waals surface area (Å²) in [5.41, 5.74) is 0.0188. The normalized spacial score (nSPS) is 16.9. The SMILES string of the molecule is CC(=O)c1ccc(OCC[C@@H](C)N2CCN(C(=O)[C@@H](C)N(C(=O)O)C(C)(C)C)CC2)cc1. The second-order valence-corrected chi connectivity index (χ2v) is 9.43. The summed E-state index contributed by atoms with van der Waals surface area (Å²) in [6, 6.07) is 6.73. The minimum Gasteiger partial charge on any atom is -0.494 e. The summed E-state index contributed by atoms with van der Waals surface area (Å²) in [4.78, 5) is 41.3. The standard InChI is InChI=1S/C24H37N3O5/c1-17(11-16-32-21-9-7-20(8-10-21)19(3)28)25-12-14-26(15-13-25)22(29)18(2)27(23(30)31)24(4,5)6/h7-10,17-18H,11-16H2,1-6H3,(H,30,31)/t17-,18-/m1/s1. The van der Waals surface area contributed by atoms with Crippen LogP contribution in [-0.4, -0.2) is 88.0 Å². The Hall–Kier alpha value is -2.61. The molecule has 0 unspecified atom stereocenters. The van der Waals surface area contributed by atoms with Crippen LogP contribution in [0.3, 0.4) is 0 Å². The fraction of sp³-hybridized carbons (Fsp3) is 0.625. The van der Waals surface area contributed by atoms with Gasteiger partial charge in [-0.15, -0.1) is 0 Å². The van der Waals surface area contributed by atoms with E-state index in [4.69, 9.17) is 4.74 Å². The topological polar surface area (TPSA) is 90.4 Å². The third-order valence-electron chi connectivity index (χ3n) is 5.99. The van der Waals surface area contributed by atoms with Crippen molar-refractivity contribution in [1.82, 2.24) is 14.7 Å². The molecule has 1 fully saturated rings. The van der Waals surface area contributed by atoms with Crippen molar-refractivity contribution >= 4 is 17.8 Å². The molecule has 1 aromatic carbocycles. The zero-order chi connectivity index (χ0) is 24.1. The van der Waals surface area contributed by atoms with Crippen molar-refractivity contribution in [2.45, 2.75) is 65.6 Å². The summed E-state index contributed by atoms with van der Waals surface area (Å²) >= 11 is 0. The van der Waals surface area contributed by atoms with E-state index < -0.39 is 17.7 Å². The van der Waals surface area contributed by atoms with E-state index >= 15 is 0 Å². The van der Waals surface area contributed by atoms with Crippen LogP contribution in [0.5, 0.6) is 5.75 Å². The van der Waals surface area contributed by atoms with Gasteiger partial charge in [0.15, 0.2) is 5.78 Å². The number of ketones is 1. The lowest BCUT2D eigenvalue weighted by molar-refractivity contribution is -0.139. The Morgan fingerprint density at radius 3 is 2.09 bits per heavy atom. The predicted octanol–water partition coefficient (Wildman–Crippen LogP) is 3.36. The second kappa shape index (κ2) is 10.8. The lowest BCUT2D eigenvalue weighted by Gasteiger charge is -2.42. The number of piperazine rings is 1. The van der Waals surface area contributed by atoms with Gasteiger partial charge in [-0.05, 0) is 72.2 Å². The maximum atomic E-state index is 12.9. The van der Waals surface area contributed by atoms with Gasteiger partial charge in [0.05, 0.1) is 6.61 Å². The van der Waals surface area contributed by atoms with Crippen molar-refractivity contribution in [1.29, 1.82) is 0 Å². The highest BCUT2D eigenvalue weighted by Crippen LogP contribution is 2.20. The molecule has 0 saturated carbocycles. The van der Waals surface area contributed by atoms with Gasteiger partial charge in [0, 0.05) is 43.3 Å². The smallest absolute Gasteiger partial charge is 0.408 e. The van der Waals surface area contributed by atoms with Crippen LogP contribution in [0.25, 0.3) is 0 Å². The van der Waals surface area contributed by atoms with E-state index in [0.717, 1.165) is 25.3 Å². The first-order valence-corrected chi connectivity index (χ1v) is 11.2. The van der Waals surface area contributed by atoms with Gasteiger partial charge in [0.1, 0.15) is 11.8 Å². The van der Waals surface area contributed by atoms with Gasteiger partial charge < -0.3 is 14.7 Å². The Kier molecular flexibility index (Phi) is 8.66. The summed E-state index contributed by atoms with van der Waals surface area (Å²) in [6.07, 6.45) is -0.239. The number of ether oxygens (including phenoxy) is 1. The third-order valence-corrected chi connectivity index (χ3v) is 5.99. The van der Waals surface area contributed by atoms with Crippen molar-refractivity contribution < 1.29 is 24.2 Å². The Morgan fingerprint density at radius 1 is 1.06 bits per heavy atom. The zero-order valence-corrected chi connectivity index (χ0v) is 20.1. The molecular weight excluding hydrogens is 410 g/mol. The average Bonchev–Trinajstić information content (AvgIpc) is 2.72. The number of hydrogen-bond acceptors (Lipinski definition) is 5. The fourth-order valence-electron chi connectivity index (χ4n) is 4.11. The molecule has 178 valence electrons. The molecule has 1 heterocycles. The number of Topliss-reactive ketones (excluding diaryl/α,β-unsaturated/α-hetero) is 1. The van der Waals surface area contributed by atoms with Gasteiger partial charge >= 0.3 is 6.09 Å². The highest BCUT2D eigenvalue weighted by molar-refractivity contribution is 5.94. The first kappa shape index (κ1) is 25.6. The van der Waals surface area contributed by atoms with Crippen molar-refractivity contribution in [3.63, 3.8) is 0 Å². The van der Waals surface area contributed by atoms with E-state index in [1.165, 1.54) is 11.8 Å². The van der Waals surface area contributed by atoms with Gasteiger partial charge in [0.2, 0.25) is 5.91 Å². The maximum absolute atomic E-state index is 12.9. The van der Waals surface area contributed by atoms with Crippen LogP contribution in [0.4, 0.5) is 4.79 Å². The molecule has 0 bridgehead atoms. The number of carbonyl (C=O) groups is 3. The highest BCUT2D eigenvalue weighted by Gasteiger charge is 2.37. The van der Waals surface area contributed by atoms with E-state index in [-0.39, 0.29) is 11.7 Å². The third kappa shape index (κ3) is 6.69. The Labute approximate surface area is 191 Å². The second-order valence-electron chi connectivity index (χ2n) is 9.43. The molecule has 1 aliphatic heterocycles. The minimum atomic E-state index is -1.08. The first-order valence-electron chi connectivity index (χ1n) is 11.2. The van der Waals surface area contributed by atoms with Crippen molar-refractivity contribution in [2.24, 2.45) is 0 Å². The molecule has 1 N–H and O–H groups in total. The number of benzene rings is 1. The average molecular weight is 448 g/mol. The molecule has 1 saturated heterocycles. The maximum Gasteiger partial charge on any atom is 0.408 e. The number of hydrogen-bond donors (Lipinski definition) is 1. The van der Waals surface area contributed by atoms with E-state index in [2.05, 4.69) is 11.8 Å². The number of carbonyl (C=O) groups excluding carboxylic acids is 2. The van der Waals surface area contributed by atoms with Gasteiger partial charge in [0.25, 0.3) is 0 Å². The monoisotopic (exact) mass is 447 g/mol. The van der Waals surface area contributed by atoms with Crippen LogP contribution < -0.4 is 4.74 Å². The molecule has 8 nitrogen and oxygen atoms in total. The lowest BCUT2D eigenvalue weighted by Crippen LogP contribution is -2.59. The van der Waals surface area contributed by atoms with Crippen LogP contribution >= 0.6 is 0 Å². The fourth-order valence-corrected chi connectivity index (χ4v) is 4.11. The highest BCUT2D eigenvalue weighted by atomic mass is 16.5. The summed E-state index contributed by atoms with van der Waals surface area (Å²) < 4.78 is 5.81. The molecule has 0 radical (unpaired) electrons. The quantitative estimate of drug-likeness (QED) is 0.615. The number of carboxylic acid groups (broad SMARTS) is 1. The minimum absolute atomic E-state index is 0.0336. The summed E-state index contributed by atoms with van der Waals surface area (Å²) in [6.45, 7) is 14.0. The number of amides is 2. The van der Waals surface area contributed by atoms with Gasteiger partial charge in [-0.2, -0.15) is 0 Å². The molecule has 32 heavy (non-hydrogen) atoms. The van der Waals surface area contributed by atoms with E-state index in [1.807, 2.05) is 12.1 Å². The van der Waals surface area contributed by atoms with Crippen LogP contribution in [0.15, 0.2) is 24.3 Å². The lowest BCUT2D eigenvalue weighted by atomic mass is 10.0. The summed E-state index contributed by atoms with van der Waals surface area (Å²) in [7, 11) is 0. The van der Waals surface area contributed by atoms with Crippen molar-refractivity contribution in [3.05, 3.63) is 29.8 Å². The largest absolute Gasteiger partial charge is 0.494 e.